The van der Waals surface area contributed by atoms with E-state index in [0.29, 0.717) is 12.3 Å². The SMILES string of the molecule is CCCCN(CCCNC)C(=O)CCC. The normalized spacial score (nSPS) is 10.3. The van der Waals surface area contributed by atoms with Crippen LogP contribution < -0.4 is 5.32 Å². The summed E-state index contributed by atoms with van der Waals surface area (Å²) in [6.07, 6.45) is 4.98. The number of nitrogens with one attached hydrogen (secondary N) is 1. The molecule has 0 aromatic carbocycles. The number of unbranched alkanes of at least 4 members (excludes halogenated alkanes) is 1. The van der Waals surface area contributed by atoms with Crippen LogP contribution in [0.2, 0.25) is 0 Å². The van der Waals surface area contributed by atoms with Gasteiger partial charge in [-0.15, -0.1) is 0 Å². The lowest BCUT2D eigenvalue weighted by Crippen LogP contribution is -2.33. The van der Waals surface area contributed by atoms with Gasteiger partial charge in [0.25, 0.3) is 0 Å². The van der Waals surface area contributed by atoms with E-state index in [1.807, 2.05) is 11.9 Å². The molecule has 3 heteroatoms. The van der Waals surface area contributed by atoms with Crippen molar-refractivity contribution in [2.24, 2.45) is 0 Å². The zero-order chi connectivity index (χ0) is 11.5. The molecule has 0 aromatic heterocycles. The summed E-state index contributed by atoms with van der Waals surface area (Å²) >= 11 is 0. The molecule has 15 heavy (non-hydrogen) atoms. The van der Waals surface area contributed by atoms with E-state index in [1.165, 1.54) is 0 Å². The molecule has 0 aliphatic rings. The fourth-order valence-electron chi connectivity index (χ4n) is 1.53. The number of nitrogens with zero attached hydrogens (tertiary/aromatic N) is 1. The van der Waals surface area contributed by atoms with E-state index < -0.39 is 0 Å². The lowest BCUT2D eigenvalue weighted by atomic mass is 10.2. The van der Waals surface area contributed by atoms with Crippen molar-refractivity contribution in [1.29, 1.82) is 0 Å². The molecule has 0 saturated heterocycles. The first-order chi connectivity index (χ1) is 7.26. The smallest absolute Gasteiger partial charge is 0.222 e. The minimum absolute atomic E-state index is 0.321. The van der Waals surface area contributed by atoms with E-state index in [-0.39, 0.29) is 0 Å². The summed E-state index contributed by atoms with van der Waals surface area (Å²) in [5.74, 6) is 0.321. The Morgan fingerprint density at radius 1 is 1.13 bits per heavy atom. The molecule has 0 saturated carbocycles. The van der Waals surface area contributed by atoms with Gasteiger partial charge in [0, 0.05) is 19.5 Å². The third-order valence-electron chi connectivity index (χ3n) is 2.45. The monoisotopic (exact) mass is 214 g/mol. The molecule has 1 amide bonds. The summed E-state index contributed by atoms with van der Waals surface area (Å²) in [5, 5.41) is 3.11. The van der Waals surface area contributed by atoms with E-state index >= 15 is 0 Å². The summed E-state index contributed by atoms with van der Waals surface area (Å²) in [7, 11) is 1.95. The molecular formula is C12H26N2O. The van der Waals surface area contributed by atoms with Crippen LogP contribution >= 0.6 is 0 Å². The minimum atomic E-state index is 0.321. The van der Waals surface area contributed by atoms with Gasteiger partial charge in [0.2, 0.25) is 5.91 Å². The zero-order valence-corrected chi connectivity index (χ0v) is 10.5. The molecule has 0 rings (SSSR count). The molecule has 90 valence electrons. The van der Waals surface area contributed by atoms with Crippen molar-refractivity contribution in [2.75, 3.05) is 26.7 Å². The zero-order valence-electron chi connectivity index (χ0n) is 10.5. The molecule has 0 aliphatic carbocycles. The first-order valence-corrected chi connectivity index (χ1v) is 6.18. The fourth-order valence-corrected chi connectivity index (χ4v) is 1.53. The van der Waals surface area contributed by atoms with E-state index in [0.717, 1.165) is 45.3 Å². The maximum absolute atomic E-state index is 11.7. The summed E-state index contributed by atoms with van der Waals surface area (Å²) in [5.41, 5.74) is 0. The van der Waals surface area contributed by atoms with Crippen molar-refractivity contribution in [3.8, 4) is 0 Å². The third kappa shape index (κ3) is 7.37. The van der Waals surface area contributed by atoms with Crippen molar-refractivity contribution in [3.05, 3.63) is 0 Å². The van der Waals surface area contributed by atoms with Gasteiger partial charge < -0.3 is 10.2 Å². The second-order valence-corrected chi connectivity index (χ2v) is 3.94. The number of carbonyl (C=O) groups excluding carboxylic acids is 1. The Hall–Kier alpha value is -0.570. The van der Waals surface area contributed by atoms with E-state index in [2.05, 4.69) is 19.2 Å². The van der Waals surface area contributed by atoms with Crippen molar-refractivity contribution in [2.45, 2.75) is 46.0 Å². The third-order valence-corrected chi connectivity index (χ3v) is 2.45. The van der Waals surface area contributed by atoms with E-state index in [4.69, 9.17) is 0 Å². The average molecular weight is 214 g/mol. The molecule has 0 radical (unpaired) electrons. The predicted octanol–water partition coefficient (Wildman–Crippen LogP) is 2.02. The maximum Gasteiger partial charge on any atom is 0.222 e. The van der Waals surface area contributed by atoms with Crippen molar-refractivity contribution >= 4 is 5.91 Å². The van der Waals surface area contributed by atoms with Crippen LogP contribution in [-0.4, -0.2) is 37.5 Å². The predicted molar refractivity (Wildman–Crippen MR) is 64.9 cm³/mol. The highest BCUT2D eigenvalue weighted by atomic mass is 16.2. The fraction of sp³-hybridized carbons (Fsp3) is 0.917. The Morgan fingerprint density at radius 2 is 1.80 bits per heavy atom. The molecule has 0 spiro atoms. The quantitative estimate of drug-likeness (QED) is 0.596. The van der Waals surface area contributed by atoms with Crippen LogP contribution in [0.4, 0.5) is 0 Å². The second kappa shape index (κ2) is 9.97. The van der Waals surface area contributed by atoms with Gasteiger partial charge in [0.1, 0.15) is 0 Å². The number of carbonyl (C=O) groups is 1. The summed E-state index contributed by atoms with van der Waals surface area (Å²) in [6, 6.07) is 0. The number of hydrogen-bond acceptors (Lipinski definition) is 2. The largest absolute Gasteiger partial charge is 0.343 e. The van der Waals surface area contributed by atoms with Crippen LogP contribution in [0.5, 0.6) is 0 Å². The topological polar surface area (TPSA) is 32.3 Å². The molecule has 0 atom stereocenters. The molecule has 0 aliphatic heterocycles. The highest BCUT2D eigenvalue weighted by Crippen LogP contribution is 2.02. The Balaban J connectivity index is 3.87. The summed E-state index contributed by atoms with van der Waals surface area (Å²) in [4.78, 5) is 13.8. The molecule has 0 aromatic rings. The first-order valence-electron chi connectivity index (χ1n) is 6.18. The van der Waals surface area contributed by atoms with Crippen LogP contribution in [0.25, 0.3) is 0 Å². The van der Waals surface area contributed by atoms with Crippen LogP contribution in [0.3, 0.4) is 0 Å². The molecule has 0 fully saturated rings. The molecule has 0 bridgehead atoms. The highest BCUT2D eigenvalue weighted by Gasteiger charge is 2.10. The van der Waals surface area contributed by atoms with Gasteiger partial charge in [-0.3, -0.25) is 4.79 Å². The van der Waals surface area contributed by atoms with Crippen LogP contribution in [0.15, 0.2) is 0 Å². The van der Waals surface area contributed by atoms with Gasteiger partial charge in [-0.2, -0.15) is 0 Å². The highest BCUT2D eigenvalue weighted by molar-refractivity contribution is 5.76. The standard InChI is InChI=1S/C12H26N2O/c1-4-6-10-14(11-7-9-13-3)12(15)8-5-2/h13H,4-11H2,1-3H3. The van der Waals surface area contributed by atoms with Crippen LogP contribution in [-0.2, 0) is 4.79 Å². The molecular weight excluding hydrogens is 188 g/mol. The first kappa shape index (κ1) is 14.4. The molecule has 0 heterocycles. The lowest BCUT2D eigenvalue weighted by Gasteiger charge is -2.22. The van der Waals surface area contributed by atoms with Gasteiger partial charge in [-0.05, 0) is 32.9 Å². The Kier molecular flexibility index (Phi) is 9.59. The van der Waals surface area contributed by atoms with E-state index in [1.54, 1.807) is 0 Å². The Morgan fingerprint density at radius 3 is 2.33 bits per heavy atom. The van der Waals surface area contributed by atoms with Gasteiger partial charge in [0.15, 0.2) is 0 Å². The van der Waals surface area contributed by atoms with E-state index in [9.17, 15) is 4.79 Å². The van der Waals surface area contributed by atoms with Crippen molar-refractivity contribution in [3.63, 3.8) is 0 Å². The molecule has 1 N–H and O–H groups in total. The molecule has 0 unspecified atom stereocenters. The Labute approximate surface area is 94.2 Å². The van der Waals surface area contributed by atoms with Gasteiger partial charge in [-0.25, -0.2) is 0 Å². The van der Waals surface area contributed by atoms with Gasteiger partial charge >= 0.3 is 0 Å². The maximum atomic E-state index is 11.7. The van der Waals surface area contributed by atoms with Crippen LogP contribution in [0.1, 0.15) is 46.0 Å². The Bertz CT molecular complexity index is 160. The minimum Gasteiger partial charge on any atom is -0.343 e. The van der Waals surface area contributed by atoms with Gasteiger partial charge in [-0.1, -0.05) is 20.3 Å². The summed E-state index contributed by atoms with van der Waals surface area (Å²) < 4.78 is 0. The lowest BCUT2D eigenvalue weighted by molar-refractivity contribution is -0.131. The number of rotatable bonds is 9. The van der Waals surface area contributed by atoms with Crippen LogP contribution in [0, 0.1) is 0 Å². The van der Waals surface area contributed by atoms with Gasteiger partial charge in [0.05, 0.1) is 0 Å². The van der Waals surface area contributed by atoms with Crippen molar-refractivity contribution in [1.82, 2.24) is 10.2 Å². The number of amides is 1. The van der Waals surface area contributed by atoms with Crippen molar-refractivity contribution < 1.29 is 4.79 Å². The second-order valence-electron chi connectivity index (χ2n) is 3.94. The molecule has 3 nitrogen and oxygen atoms in total. The average Bonchev–Trinajstić information content (AvgIpc) is 2.23. The summed E-state index contributed by atoms with van der Waals surface area (Å²) in [6.45, 7) is 7.04. The number of hydrogen-bond donors (Lipinski definition) is 1.